The molecule has 0 amide bonds. The molecule has 1 unspecified atom stereocenters. The Hall–Kier alpha value is -0.450. The van der Waals surface area contributed by atoms with Gasteiger partial charge in [0.1, 0.15) is 5.01 Å². The van der Waals surface area contributed by atoms with Crippen molar-refractivity contribution in [3.8, 4) is 0 Å². The summed E-state index contributed by atoms with van der Waals surface area (Å²) in [5, 5.41) is 4.63. The van der Waals surface area contributed by atoms with Crippen LogP contribution in [0.4, 0.5) is 0 Å². The van der Waals surface area contributed by atoms with Crippen molar-refractivity contribution in [3.05, 3.63) is 16.1 Å². The van der Waals surface area contributed by atoms with E-state index in [4.69, 9.17) is 4.74 Å². The molecule has 1 aromatic heterocycles. The molecule has 1 N–H and O–H groups in total. The van der Waals surface area contributed by atoms with Crippen LogP contribution in [0.5, 0.6) is 0 Å². The van der Waals surface area contributed by atoms with Gasteiger partial charge in [-0.05, 0) is 19.3 Å². The van der Waals surface area contributed by atoms with E-state index in [1.165, 1.54) is 9.88 Å². The molecule has 1 aromatic rings. The van der Waals surface area contributed by atoms with E-state index >= 15 is 0 Å². The van der Waals surface area contributed by atoms with E-state index in [1.54, 1.807) is 18.4 Å². The van der Waals surface area contributed by atoms with Gasteiger partial charge in [0, 0.05) is 37.4 Å². The monoisotopic (exact) mass is 242 g/mol. The highest BCUT2D eigenvalue weighted by molar-refractivity contribution is 7.11. The minimum absolute atomic E-state index is 0.478. The van der Waals surface area contributed by atoms with E-state index in [9.17, 15) is 0 Å². The van der Waals surface area contributed by atoms with Gasteiger partial charge in [-0.1, -0.05) is 13.8 Å². The third-order valence-corrected chi connectivity index (χ3v) is 3.80. The number of aromatic nitrogens is 1. The SMILES string of the molecule is COCCC(C)NCc1ncc(C(C)C)s1. The van der Waals surface area contributed by atoms with Crippen LogP contribution in [0.2, 0.25) is 0 Å². The van der Waals surface area contributed by atoms with Gasteiger partial charge in [-0.25, -0.2) is 4.98 Å². The van der Waals surface area contributed by atoms with Crippen molar-refractivity contribution in [2.24, 2.45) is 0 Å². The van der Waals surface area contributed by atoms with Gasteiger partial charge in [-0.3, -0.25) is 0 Å². The molecule has 1 atom stereocenters. The lowest BCUT2D eigenvalue weighted by Gasteiger charge is -2.11. The second kappa shape index (κ2) is 6.99. The van der Waals surface area contributed by atoms with Crippen LogP contribution in [-0.4, -0.2) is 24.7 Å². The third-order valence-electron chi connectivity index (χ3n) is 2.50. The Morgan fingerprint density at radius 1 is 1.44 bits per heavy atom. The zero-order chi connectivity index (χ0) is 12.0. The maximum absolute atomic E-state index is 5.05. The number of hydrogen-bond donors (Lipinski definition) is 1. The molecule has 0 aliphatic carbocycles. The maximum atomic E-state index is 5.05. The van der Waals surface area contributed by atoms with Crippen LogP contribution in [-0.2, 0) is 11.3 Å². The van der Waals surface area contributed by atoms with E-state index in [0.29, 0.717) is 12.0 Å². The van der Waals surface area contributed by atoms with Crippen molar-refractivity contribution in [1.29, 1.82) is 0 Å². The highest BCUT2D eigenvalue weighted by Gasteiger charge is 2.06. The van der Waals surface area contributed by atoms with Crippen LogP contribution in [0.25, 0.3) is 0 Å². The molecule has 0 bridgehead atoms. The molecular formula is C12H22N2OS. The summed E-state index contributed by atoms with van der Waals surface area (Å²) in [6.45, 7) is 8.25. The molecule has 1 rings (SSSR count). The normalized spacial score (nSPS) is 13.3. The van der Waals surface area contributed by atoms with Gasteiger partial charge in [0.05, 0.1) is 0 Å². The van der Waals surface area contributed by atoms with E-state index in [0.717, 1.165) is 19.6 Å². The fourth-order valence-electron chi connectivity index (χ4n) is 1.33. The Balaban J connectivity index is 2.31. The smallest absolute Gasteiger partial charge is 0.107 e. The van der Waals surface area contributed by atoms with Crippen molar-refractivity contribution in [1.82, 2.24) is 10.3 Å². The molecular weight excluding hydrogens is 220 g/mol. The molecule has 0 radical (unpaired) electrons. The van der Waals surface area contributed by atoms with Crippen LogP contribution in [0.1, 0.15) is 43.0 Å². The van der Waals surface area contributed by atoms with Crippen molar-refractivity contribution in [2.75, 3.05) is 13.7 Å². The fourth-order valence-corrected chi connectivity index (χ4v) is 2.21. The number of nitrogens with one attached hydrogen (secondary N) is 1. The fraction of sp³-hybridized carbons (Fsp3) is 0.750. The molecule has 0 aliphatic heterocycles. The highest BCUT2D eigenvalue weighted by Crippen LogP contribution is 2.21. The van der Waals surface area contributed by atoms with Crippen molar-refractivity contribution >= 4 is 11.3 Å². The third kappa shape index (κ3) is 4.60. The van der Waals surface area contributed by atoms with E-state index in [-0.39, 0.29) is 0 Å². The second-order valence-electron chi connectivity index (χ2n) is 4.37. The summed E-state index contributed by atoms with van der Waals surface area (Å²) < 4.78 is 5.05. The summed E-state index contributed by atoms with van der Waals surface area (Å²) in [5.41, 5.74) is 0. The maximum Gasteiger partial charge on any atom is 0.107 e. The van der Waals surface area contributed by atoms with E-state index in [2.05, 4.69) is 31.1 Å². The summed E-state index contributed by atoms with van der Waals surface area (Å²) in [6, 6.07) is 0.478. The topological polar surface area (TPSA) is 34.1 Å². The summed E-state index contributed by atoms with van der Waals surface area (Å²) in [6.07, 6.45) is 3.03. The second-order valence-corrected chi connectivity index (χ2v) is 5.52. The lowest BCUT2D eigenvalue weighted by Crippen LogP contribution is -2.26. The van der Waals surface area contributed by atoms with Crippen LogP contribution in [0.3, 0.4) is 0 Å². The standard InChI is InChI=1S/C12H22N2OS/c1-9(2)11-7-14-12(16-11)8-13-10(3)5-6-15-4/h7,9-10,13H,5-6,8H2,1-4H3. The summed E-state index contributed by atoms with van der Waals surface area (Å²) in [7, 11) is 1.74. The largest absolute Gasteiger partial charge is 0.385 e. The van der Waals surface area contributed by atoms with Gasteiger partial charge in [0.2, 0.25) is 0 Å². The Bertz CT molecular complexity index is 299. The summed E-state index contributed by atoms with van der Waals surface area (Å²) in [4.78, 5) is 5.78. The molecule has 0 fully saturated rings. The number of nitrogens with zero attached hydrogens (tertiary/aromatic N) is 1. The predicted octanol–water partition coefficient (Wildman–Crippen LogP) is 2.78. The van der Waals surface area contributed by atoms with Crippen molar-refractivity contribution in [2.45, 2.75) is 45.7 Å². The van der Waals surface area contributed by atoms with E-state index < -0.39 is 0 Å². The zero-order valence-corrected chi connectivity index (χ0v) is 11.4. The molecule has 1 heterocycles. The first-order valence-electron chi connectivity index (χ1n) is 5.80. The van der Waals surface area contributed by atoms with Crippen LogP contribution >= 0.6 is 11.3 Å². The minimum Gasteiger partial charge on any atom is -0.385 e. The number of hydrogen-bond acceptors (Lipinski definition) is 4. The van der Waals surface area contributed by atoms with Crippen LogP contribution in [0.15, 0.2) is 6.20 Å². The first-order chi connectivity index (χ1) is 7.63. The number of rotatable bonds is 7. The lowest BCUT2D eigenvalue weighted by molar-refractivity contribution is 0.184. The molecule has 0 aromatic carbocycles. The van der Waals surface area contributed by atoms with Crippen LogP contribution in [0, 0.1) is 0 Å². The average Bonchev–Trinajstić information content (AvgIpc) is 2.72. The lowest BCUT2D eigenvalue weighted by atomic mass is 10.2. The molecule has 0 spiro atoms. The molecule has 3 nitrogen and oxygen atoms in total. The molecule has 0 saturated heterocycles. The average molecular weight is 242 g/mol. The first kappa shape index (κ1) is 13.6. The van der Waals surface area contributed by atoms with Gasteiger partial charge in [0.15, 0.2) is 0 Å². The summed E-state index contributed by atoms with van der Waals surface area (Å²) in [5.74, 6) is 0.581. The summed E-state index contributed by atoms with van der Waals surface area (Å²) >= 11 is 1.80. The molecule has 4 heteroatoms. The zero-order valence-electron chi connectivity index (χ0n) is 10.6. The van der Waals surface area contributed by atoms with Gasteiger partial charge in [0.25, 0.3) is 0 Å². The Morgan fingerprint density at radius 3 is 2.75 bits per heavy atom. The molecule has 0 saturated carbocycles. The van der Waals surface area contributed by atoms with Crippen molar-refractivity contribution in [3.63, 3.8) is 0 Å². The number of ether oxygens (including phenoxy) is 1. The van der Waals surface area contributed by atoms with E-state index in [1.807, 2.05) is 6.20 Å². The van der Waals surface area contributed by atoms with Gasteiger partial charge in [-0.15, -0.1) is 11.3 Å². The quantitative estimate of drug-likeness (QED) is 0.798. The number of methoxy groups -OCH3 is 1. The molecule has 16 heavy (non-hydrogen) atoms. The predicted molar refractivity (Wildman–Crippen MR) is 69.0 cm³/mol. The molecule has 92 valence electrons. The molecule has 0 aliphatic rings. The Kier molecular flexibility index (Phi) is 5.95. The number of thiazole rings is 1. The van der Waals surface area contributed by atoms with Crippen molar-refractivity contribution < 1.29 is 4.74 Å². The van der Waals surface area contributed by atoms with Crippen LogP contribution < -0.4 is 5.32 Å². The Morgan fingerprint density at radius 2 is 2.19 bits per heavy atom. The first-order valence-corrected chi connectivity index (χ1v) is 6.62. The van der Waals surface area contributed by atoms with Gasteiger partial charge < -0.3 is 10.1 Å². The minimum atomic E-state index is 0.478. The highest BCUT2D eigenvalue weighted by atomic mass is 32.1. The Labute approximate surface area is 102 Å². The van der Waals surface area contributed by atoms with Gasteiger partial charge >= 0.3 is 0 Å². The van der Waals surface area contributed by atoms with Gasteiger partial charge in [-0.2, -0.15) is 0 Å².